The summed E-state index contributed by atoms with van der Waals surface area (Å²) in [5, 5.41) is 21.7. The number of amides is 3. The van der Waals surface area contributed by atoms with E-state index in [1.165, 1.54) is 15.8 Å². The lowest BCUT2D eigenvalue weighted by Crippen LogP contribution is -2.53. The molecule has 0 unspecified atom stereocenters. The third-order valence-electron chi connectivity index (χ3n) is 10.4. The molecule has 12 nitrogen and oxygen atoms in total. The second-order valence-electron chi connectivity index (χ2n) is 13.4. The molecule has 3 aliphatic heterocycles. The van der Waals surface area contributed by atoms with E-state index in [0.29, 0.717) is 74.3 Å². The molecule has 12 heteroatoms. The predicted molar refractivity (Wildman–Crippen MR) is 179 cm³/mol. The average Bonchev–Trinajstić information content (AvgIpc) is 3.49. The van der Waals surface area contributed by atoms with Crippen molar-refractivity contribution in [1.29, 1.82) is 0 Å². The van der Waals surface area contributed by atoms with Crippen molar-refractivity contribution in [1.82, 2.24) is 23.9 Å². The van der Waals surface area contributed by atoms with Crippen LogP contribution in [-0.4, -0.2) is 90.4 Å². The highest BCUT2D eigenvalue weighted by atomic mass is 16.4. The van der Waals surface area contributed by atoms with Crippen molar-refractivity contribution in [2.45, 2.75) is 50.2 Å². The second kappa shape index (κ2) is 12.6. The van der Waals surface area contributed by atoms with Gasteiger partial charge in [-0.1, -0.05) is 36.4 Å². The number of piperidine rings is 2. The molecule has 2 saturated heterocycles. The maximum atomic E-state index is 14.1. The first-order chi connectivity index (χ1) is 23.1. The molecular formula is C36H40N6O6. The van der Waals surface area contributed by atoms with Crippen LogP contribution in [0, 0.1) is 5.92 Å². The fourth-order valence-corrected chi connectivity index (χ4v) is 7.71. The van der Waals surface area contributed by atoms with Gasteiger partial charge in [0.05, 0.1) is 23.2 Å². The Balaban J connectivity index is 1.05. The molecule has 3 aliphatic rings. The molecule has 2 fully saturated rings. The summed E-state index contributed by atoms with van der Waals surface area (Å²) in [4.78, 5) is 62.2. The van der Waals surface area contributed by atoms with Crippen LogP contribution in [0.5, 0.6) is 0 Å². The lowest BCUT2D eigenvalue weighted by molar-refractivity contribution is -0.142. The number of likely N-dealkylation sites (tertiary alicyclic amines) is 2. The Labute approximate surface area is 277 Å². The van der Waals surface area contributed by atoms with E-state index >= 15 is 0 Å². The lowest BCUT2D eigenvalue weighted by Gasteiger charge is -2.43. The smallest absolute Gasteiger partial charge is 0.411 e. The molecule has 7 rings (SSSR count). The summed E-state index contributed by atoms with van der Waals surface area (Å²) < 4.78 is 3.24. The summed E-state index contributed by atoms with van der Waals surface area (Å²) in [7, 11) is 1.83. The van der Waals surface area contributed by atoms with Gasteiger partial charge in [0.15, 0.2) is 0 Å². The van der Waals surface area contributed by atoms with Gasteiger partial charge in [-0.3, -0.25) is 23.9 Å². The summed E-state index contributed by atoms with van der Waals surface area (Å²) in [6, 6.07) is 16.8. The zero-order valence-electron chi connectivity index (χ0n) is 27.0. The number of aryl methyl sites for hydroxylation is 2. The molecular weight excluding hydrogens is 612 g/mol. The van der Waals surface area contributed by atoms with Crippen molar-refractivity contribution in [2.75, 3.05) is 37.6 Å². The van der Waals surface area contributed by atoms with Crippen molar-refractivity contribution in [3.05, 3.63) is 94.2 Å². The molecule has 2 aromatic heterocycles. The molecule has 2 atom stereocenters. The van der Waals surface area contributed by atoms with Gasteiger partial charge in [-0.05, 0) is 61.4 Å². The summed E-state index contributed by atoms with van der Waals surface area (Å²) >= 11 is 0. The van der Waals surface area contributed by atoms with Gasteiger partial charge in [0.1, 0.15) is 12.0 Å². The molecule has 0 spiro atoms. The second-order valence-corrected chi connectivity index (χ2v) is 13.4. The van der Waals surface area contributed by atoms with E-state index in [4.69, 9.17) is 0 Å². The van der Waals surface area contributed by atoms with Crippen molar-refractivity contribution >= 4 is 34.6 Å². The largest absolute Gasteiger partial charge is 0.465 e. The number of carbonyl (C=O) groups is 3. The van der Waals surface area contributed by atoms with Gasteiger partial charge < -0.3 is 24.6 Å². The molecule has 0 radical (unpaired) electrons. The van der Waals surface area contributed by atoms with Gasteiger partial charge >= 0.3 is 6.09 Å². The highest BCUT2D eigenvalue weighted by Crippen LogP contribution is 2.37. The van der Waals surface area contributed by atoms with Gasteiger partial charge in [-0.2, -0.15) is 0 Å². The minimum absolute atomic E-state index is 0.00780. The number of benzene rings is 2. The number of carboxylic acid groups (broad SMARTS) is 1. The average molecular weight is 653 g/mol. The topological polar surface area (TPSA) is 141 Å². The summed E-state index contributed by atoms with van der Waals surface area (Å²) in [6.07, 6.45) is 4.89. The standard InChI is InChI=1S/C36H40N6O6/c1-38-16-11-28-31(38)37-23-41(34(28)45)22-36(48)13-18-39(19-14-36)33(44)27-12-17-40(21-29(27)24-6-3-2-4-7-24)32(43)26-10-9-25-8-5-15-42(35(46)47)30(25)20-26/h2-4,6-7,9-11,16,20,23,27,29,48H,5,8,12-15,17-19,21-22H2,1H3,(H,46,47)/t27-,29+/m1/s1. The highest BCUT2D eigenvalue weighted by Gasteiger charge is 2.42. The van der Waals surface area contributed by atoms with Crippen LogP contribution in [0.15, 0.2) is 71.9 Å². The van der Waals surface area contributed by atoms with Crippen LogP contribution < -0.4 is 10.5 Å². The fraction of sp³-hybridized carbons (Fsp3) is 0.417. The van der Waals surface area contributed by atoms with E-state index < -0.39 is 11.7 Å². The first-order valence-electron chi connectivity index (χ1n) is 16.6. The number of anilines is 1. The van der Waals surface area contributed by atoms with E-state index in [-0.39, 0.29) is 35.8 Å². The molecule has 3 amide bonds. The van der Waals surface area contributed by atoms with Gasteiger partial charge in [-0.15, -0.1) is 0 Å². The quantitative estimate of drug-likeness (QED) is 0.337. The Hall–Kier alpha value is -4.97. The maximum Gasteiger partial charge on any atom is 0.411 e. The number of nitrogens with zero attached hydrogens (tertiary/aromatic N) is 6. The van der Waals surface area contributed by atoms with Crippen LogP contribution in [0.3, 0.4) is 0 Å². The number of aromatic nitrogens is 3. The molecule has 5 heterocycles. The summed E-state index contributed by atoms with van der Waals surface area (Å²) in [5.41, 5.74) is 2.15. The number of rotatable bonds is 5. The fourth-order valence-electron chi connectivity index (χ4n) is 7.71. The van der Waals surface area contributed by atoms with Crippen molar-refractivity contribution in [2.24, 2.45) is 13.0 Å². The number of hydrogen-bond donors (Lipinski definition) is 2. The van der Waals surface area contributed by atoms with Crippen LogP contribution in [0.1, 0.15) is 53.1 Å². The van der Waals surface area contributed by atoms with Gasteiger partial charge in [-0.25, -0.2) is 9.78 Å². The molecule has 250 valence electrons. The van der Waals surface area contributed by atoms with Crippen LogP contribution >= 0.6 is 0 Å². The molecule has 48 heavy (non-hydrogen) atoms. The number of fused-ring (bicyclic) bond motifs is 2. The summed E-state index contributed by atoms with van der Waals surface area (Å²) in [6.45, 7) is 1.98. The Morgan fingerprint density at radius 2 is 1.75 bits per heavy atom. The molecule has 0 aliphatic carbocycles. The van der Waals surface area contributed by atoms with E-state index in [9.17, 15) is 29.4 Å². The first kappa shape index (κ1) is 31.6. The third-order valence-corrected chi connectivity index (χ3v) is 10.4. The van der Waals surface area contributed by atoms with E-state index in [1.807, 2.05) is 48.3 Å². The lowest BCUT2D eigenvalue weighted by atomic mass is 9.79. The van der Waals surface area contributed by atoms with Crippen LogP contribution in [-0.2, 0) is 24.8 Å². The van der Waals surface area contributed by atoms with Crippen LogP contribution in [0.2, 0.25) is 0 Å². The van der Waals surface area contributed by atoms with Crippen LogP contribution in [0.4, 0.5) is 10.5 Å². The Morgan fingerprint density at radius 3 is 2.50 bits per heavy atom. The predicted octanol–water partition coefficient (Wildman–Crippen LogP) is 3.47. The number of hydrogen-bond acceptors (Lipinski definition) is 6. The zero-order chi connectivity index (χ0) is 33.6. The Morgan fingerprint density at radius 1 is 0.979 bits per heavy atom. The van der Waals surface area contributed by atoms with Crippen molar-refractivity contribution in [3.8, 4) is 0 Å². The number of carbonyl (C=O) groups excluding carboxylic acids is 2. The van der Waals surface area contributed by atoms with E-state index in [2.05, 4.69) is 4.98 Å². The van der Waals surface area contributed by atoms with Gasteiger partial charge in [0.25, 0.3) is 11.5 Å². The van der Waals surface area contributed by atoms with E-state index in [0.717, 1.165) is 24.0 Å². The Bertz CT molecular complexity index is 1930. The Kier molecular flexibility index (Phi) is 8.28. The van der Waals surface area contributed by atoms with Gasteiger partial charge in [0.2, 0.25) is 5.91 Å². The molecule has 2 N–H and O–H groups in total. The third kappa shape index (κ3) is 5.85. The zero-order valence-corrected chi connectivity index (χ0v) is 27.0. The van der Waals surface area contributed by atoms with Crippen molar-refractivity contribution < 1.29 is 24.6 Å². The SMILES string of the molecule is Cn1ccc2c(=O)n(CC3(O)CCN(C(=O)[C@@H]4CCN(C(=O)c5ccc6c(c5)N(C(=O)O)CCC6)C[C@H]4c4ccccc4)CC3)cnc21. The highest BCUT2D eigenvalue weighted by molar-refractivity contribution is 5.97. The monoisotopic (exact) mass is 652 g/mol. The van der Waals surface area contributed by atoms with E-state index in [1.54, 1.807) is 33.9 Å². The molecule has 0 bridgehead atoms. The van der Waals surface area contributed by atoms with Gasteiger partial charge in [0, 0.05) is 63.4 Å². The normalized spacial score (nSPS) is 20.8. The molecule has 2 aromatic carbocycles. The van der Waals surface area contributed by atoms with Crippen molar-refractivity contribution in [3.63, 3.8) is 0 Å². The minimum atomic E-state index is -1.15. The maximum absolute atomic E-state index is 14.1. The number of aliphatic hydroxyl groups is 1. The molecule has 4 aromatic rings. The first-order valence-corrected chi connectivity index (χ1v) is 16.6. The van der Waals surface area contributed by atoms with Crippen LogP contribution in [0.25, 0.3) is 11.0 Å². The molecule has 0 saturated carbocycles. The minimum Gasteiger partial charge on any atom is -0.465 e. The summed E-state index contributed by atoms with van der Waals surface area (Å²) in [5.74, 6) is -0.746.